The summed E-state index contributed by atoms with van der Waals surface area (Å²) in [6.07, 6.45) is 6.17. The molecule has 0 aromatic heterocycles. The molecule has 2 rings (SSSR count). The molecule has 0 N–H and O–H groups in total. The third-order valence-corrected chi connectivity index (χ3v) is 6.46. The first-order valence-electron chi connectivity index (χ1n) is 6.91. The largest absolute Gasteiger partial charge is 0.409 e. The van der Waals surface area contributed by atoms with Crippen LogP contribution in [0.5, 0.6) is 0 Å². The summed E-state index contributed by atoms with van der Waals surface area (Å²) in [6.45, 7) is 9.15. The van der Waals surface area contributed by atoms with E-state index in [0.717, 1.165) is 6.42 Å². The topological polar surface area (TPSA) is 9.23 Å². The molecule has 18 heavy (non-hydrogen) atoms. The van der Waals surface area contributed by atoms with E-state index in [0.29, 0.717) is 17.9 Å². The quantitative estimate of drug-likeness (QED) is 0.594. The van der Waals surface area contributed by atoms with E-state index in [1.54, 1.807) is 0 Å². The van der Waals surface area contributed by atoms with Crippen LogP contribution in [0.25, 0.3) is 0 Å². The van der Waals surface area contributed by atoms with E-state index in [2.05, 4.69) is 69.4 Å². The van der Waals surface area contributed by atoms with E-state index in [1.165, 1.54) is 5.19 Å². The van der Waals surface area contributed by atoms with Crippen LogP contribution in [0, 0.1) is 11.8 Å². The molecule has 0 heterocycles. The lowest BCUT2D eigenvalue weighted by Crippen LogP contribution is -2.49. The highest BCUT2D eigenvalue weighted by molar-refractivity contribution is 6.84. The third kappa shape index (κ3) is 3.12. The Labute approximate surface area is 112 Å². The Bertz CT molecular complexity index is 410. The second kappa shape index (κ2) is 5.41. The van der Waals surface area contributed by atoms with Crippen LogP contribution in [0.3, 0.4) is 0 Å². The monoisotopic (exact) mass is 260 g/mol. The van der Waals surface area contributed by atoms with Gasteiger partial charge in [-0.05, 0) is 36.5 Å². The molecule has 0 amide bonds. The summed E-state index contributed by atoms with van der Waals surface area (Å²) in [4.78, 5) is 0. The predicted octanol–water partition coefficient (Wildman–Crippen LogP) is 3.72. The molecule has 1 aromatic rings. The van der Waals surface area contributed by atoms with Crippen LogP contribution in [-0.4, -0.2) is 14.4 Å². The second-order valence-corrected chi connectivity index (χ2v) is 9.82. The summed E-state index contributed by atoms with van der Waals surface area (Å²) in [5, 5.41) is 1.39. The smallest absolute Gasteiger partial charge is 0.218 e. The van der Waals surface area contributed by atoms with Gasteiger partial charge in [0, 0.05) is 0 Å². The maximum Gasteiger partial charge on any atom is 0.218 e. The molecule has 1 aliphatic carbocycles. The molecule has 1 aromatic carbocycles. The van der Waals surface area contributed by atoms with Gasteiger partial charge in [-0.25, -0.2) is 0 Å². The molecular formula is C16H24OSi. The number of hydrogen-bond acceptors (Lipinski definition) is 1. The molecule has 0 saturated carbocycles. The second-order valence-electron chi connectivity index (χ2n) is 5.99. The van der Waals surface area contributed by atoms with Crippen molar-refractivity contribution in [3.05, 3.63) is 42.5 Å². The Balaban J connectivity index is 2.11. The summed E-state index contributed by atoms with van der Waals surface area (Å²) < 4.78 is 6.54. The molecule has 3 atom stereocenters. The van der Waals surface area contributed by atoms with Gasteiger partial charge in [0.25, 0.3) is 0 Å². The van der Waals surface area contributed by atoms with Crippen molar-refractivity contribution in [2.24, 2.45) is 11.8 Å². The zero-order valence-electron chi connectivity index (χ0n) is 11.9. The molecular weight excluding hydrogens is 236 g/mol. The van der Waals surface area contributed by atoms with Crippen molar-refractivity contribution in [1.29, 1.82) is 0 Å². The molecule has 0 spiro atoms. The van der Waals surface area contributed by atoms with Crippen molar-refractivity contribution in [3.63, 3.8) is 0 Å². The first kappa shape index (κ1) is 13.6. The number of rotatable bonds is 3. The SMILES string of the molecule is C[C@H]1C=C[C@H](C)[C@@H](O[Si](C)(C)c2ccccc2)C1. The third-order valence-electron chi connectivity index (χ3n) is 3.85. The lowest BCUT2D eigenvalue weighted by Gasteiger charge is -2.35. The average molecular weight is 260 g/mol. The van der Waals surface area contributed by atoms with Gasteiger partial charge in [0.2, 0.25) is 8.32 Å². The molecule has 0 saturated heterocycles. The van der Waals surface area contributed by atoms with Gasteiger partial charge in [-0.1, -0.05) is 56.3 Å². The maximum absolute atomic E-state index is 6.54. The van der Waals surface area contributed by atoms with Crippen LogP contribution in [0.4, 0.5) is 0 Å². The Morgan fingerprint density at radius 2 is 1.72 bits per heavy atom. The van der Waals surface area contributed by atoms with Gasteiger partial charge in [0.05, 0.1) is 6.10 Å². The summed E-state index contributed by atoms with van der Waals surface area (Å²) in [5.41, 5.74) is 0. The fourth-order valence-corrected chi connectivity index (χ4v) is 4.79. The van der Waals surface area contributed by atoms with E-state index in [1.807, 2.05) is 0 Å². The zero-order valence-corrected chi connectivity index (χ0v) is 12.9. The maximum atomic E-state index is 6.54. The van der Waals surface area contributed by atoms with Crippen molar-refractivity contribution < 1.29 is 4.43 Å². The Morgan fingerprint density at radius 3 is 2.39 bits per heavy atom. The van der Waals surface area contributed by atoms with Gasteiger partial charge >= 0.3 is 0 Å². The predicted molar refractivity (Wildman–Crippen MR) is 80.5 cm³/mol. The van der Waals surface area contributed by atoms with Gasteiger partial charge < -0.3 is 4.43 Å². The fourth-order valence-electron chi connectivity index (χ4n) is 2.59. The first-order chi connectivity index (χ1) is 8.49. The summed E-state index contributed by atoms with van der Waals surface area (Å²) in [6, 6.07) is 10.7. The van der Waals surface area contributed by atoms with Crippen LogP contribution in [-0.2, 0) is 4.43 Å². The highest BCUT2D eigenvalue weighted by Crippen LogP contribution is 2.27. The van der Waals surface area contributed by atoms with Crippen LogP contribution in [0.15, 0.2) is 42.5 Å². The first-order valence-corrected chi connectivity index (χ1v) is 9.81. The lowest BCUT2D eigenvalue weighted by molar-refractivity contribution is 0.131. The van der Waals surface area contributed by atoms with Gasteiger partial charge in [-0.3, -0.25) is 0 Å². The van der Waals surface area contributed by atoms with Gasteiger partial charge in [-0.15, -0.1) is 0 Å². The highest BCUT2D eigenvalue weighted by atomic mass is 28.4. The van der Waals surface area contributed by atoms with Gasteiger partial charge in [0.15, 0.2) is 0 Å². The molecule has 98 valence electrons. The number of benzene rings is 1. The standard InChI is InChI=1S/C16H24OSi/c1-13-10-11-14(2)16(12-13)17-18(3,4)15-8-6-5-7-9-15/h5-11,13-14,16H,12H2,1-4H3/t13-,14-,16-/m0/s1. The molecule has 0 bridgehead atoms. The highest BCUT2D eigenvalue weighted by Gasteiger charge is 2.32. The minimum atomic E-state index is -1.77. The van der Waals surface area contributed by atoms with Crippen LogP contribution >= 0.6 is 0 Å². The fraction of sp³-hybridized carbons (Fsp3) is 0.500. The van der Waals surface area contributed by atoms with E-state index >= 15 is 0 Å². The summed E-state index contributed by atoms with van der Waals surface area (Å²) in [5.74, 6) is 1.18. The van der Waals surface area contributed by atoms with E-state index in [9.17, 15) is 0 Å². The van der Waals surface area contributed by atoms with Crippen molar-refractivity contribution in [3.8, 4) is 0 Å². The molecule has 1 nitrogen and oxygen atoms in total. The lowest BCUT2D eigenvalue weighted by atomic mass is 9.88. The van der Waals surface area contributed by atoms with Crippen molar-refractivity contribution >= 4 is 13.5 Å². The number of hydrogen-bond donors (Lipinski definition) is 0. The normalized spacial score (nSPS) is 28.3. The van der Waals surface area contributed by atoms with Crippen LogP contribution in [0.1, 0.15) is 20.3 Å². The van der Waals surface area contributed by atoms with E-state index in [-0.39, 0.29) is 0 Å². The molecule has 0 radical (unpaired) electrons. The van der Waals surface area contributed by atoms with Gasteiger partial charge in [0.1, 0.15) is 0 Å². The van der Waals surface area contributed by atoms with Crippen LogP contribution < -0.4 is 5.19 Å². The molecule has 2 heteroatoms. The van der Waals surface area contributed by atoms with Crippen LogP contribution in [0.2, 0.25) is 13.1 Å². The van der Waals surface area contributed by atoms with Gasteiger partial charge in [-0.2, -0.15) is 0 Å². The molecule has 0 aliphatic heterocycles. The minimum absolute atomic E-state index is 0.381. The molecule has 1 aliphatic rings. The van der Waals surface area contributed by atoms with Crippen molar-refractivity contribution in [1.82, 2.24) is 0 Å². The van der Waals surface area contributed by atoms with E-state index < -0.39 is 8.32 Å². The zero-order chi connectivity index (χ0) is 13.2. The summed E-state index contributed by atoms with van der Waals surface area (Å²) in [7, 11) is -1.77. The minimum Gasteiger partial charge on any atom is -0.409 e. The summed E-state index contributed by atoms with van der Waals surface area (Å²) >= 11 is 0. The molecule has 0 unspecified atom stereocenters. The van der Waals surface area contributed by atoms with Crippen molar-refractivity contribution in [2.45, 2.75) is 39.5 Å². The molecule has 0 fully saturated rings. The van der Waals surface area contributed by atoms with E-state index in [4.69, 9.17) is 4.43 Å². The number of allylic oxidation sites excluding steroid dienone is 1. The Morgan fingerprint density at radius 1 is 1.06 bits per heavy atom. The van der Waals surface area contributed by atoms with Crippen molar-refractivity contribution in [2.75, 3.05) is 0 Å². The average Bonchev–Trinajstić information content (AvgIpc) is 2.35. The Hall–Kier alpha value is -0.863. The Kier molecular flexibility index (Phi) is 4.08.